The molecule has 0 radical (unpaired) electrons. The summed E-state index contributed by atoms with van der Waals surface area (Å²) in [6.45, 7) is 0.674. The Morgan fingerprint density at radius 1 is 0.957 bits per heavy atom. The zero-order valence-corrected chi connectivity index (χ0v) is 12.7. The predicted octanol–water partition coefficient (Wildman–Crippen LogP) is 4.00. The molecule has 0 spiro atoms. The normalized spacial score (nSPS) is 13.1. The summed E-state index contributed by atoms with van der Waals surface area (Å²) in [6, 6.07) is 10.8. The molecule has 3 rings (SSSR count). The zero-order valence-electron chi connectivity index (χ0n) is 12.7. The van der Waals surface area contributed by atoms with Crippen LogP contribution in [0.15, 0.2) is 42.5 Å². The van der Waals surface area contributed by atoms with E-state index in [0.717, 1.165) is 24.2 Å². The summed E-state index contributed by atoms with van der Waals surface area (Å²) in [5.74, 6) is 0.142. The second kappa shape index (κ2) is 6.73. The van der Waals surface area contributed by atoms with Gasteiger partial charge in [-0.3, -0.25) is 9.59 Å². The minimum atomic E-state index is -0.383. The number of rotatable bonds is 5. The van der Waals surface area contributed by atoms with E-state index in [1.807, 2.05) is 6.07 Å². The van der Waals surface area contributed by atoms with Gasteiger partial charge in [0.15, 0.2) is 11.6 Å². The minimum Gasteiger partial charge on any atom is -0.493 e. The first-order valence-electron chi connectivity index (χ1n) is 7.71. The molecular weight excluding hydrogens is 295 g/mol. The fraction of sp³-hybridized carbons (Fsp3) is 0.263. The van der Waals surface area contributed by atoms with Gasteiger partial charge >= 0.3 is 0 Å². The summed E-state index contributed by atoms with van der Waals surface area (Å²) in [6.07, 6.45) is 2.21. The monoisotopic (exact) mass is 312 g/mol. The maximum Gasteiger partial charge on any atom is 0.163 e. The quantitative estimate of drug-likeness (QED) is 0.784. The molecule has 0 N–H and O–H groups in total. The molecule has 118 valence electrons. The molecule has 0 amide bonds. The molecule has 0 saturated heterocycles. The first kappa shape index (κ1) is 15.4. The number of ketones is 2. The third-order valence-electron chi connectivity index (χ3n) is 3.98. The van der Waals surface area contributed by atoms with Crippen molar-refractivity contribution >= 4 is 11.6 Å². The van der Waals surface area contributed by atoms with Crippen LogP contribution in [-0.2, 0) is 6.42 Å². The summed E-state index contributed by atoms with van der Waals surface area (Å²) in [5.41, 5.74) is 2.11. The number of hydrogen-bond donors (Lipinski definition) is 0. The molecule has 2 aromatic rings. The van der Waals surface area contributed by atoms with E-state index in [1.54, 1.807) is 12.1 Å². The van der Waals surface area contributed by atoms with Gasteiger partial charge in [0.2, 0.25) is 0 Å². The summed E-state index contributed by atoms with van der Waals surface area (Å²) >= 11 is 0. The van der Waals surface area contributed by atoms with Crippen molar-refractivity contribution in [2.45, 2.75) is 25.7 Å². The van der Waals surface area contributed by atoms with Crippen LogP contribution in [0.3, 0.4) is 0 Å². The van der Waals surface area contributed by atoms with Crippen LogP contribution in [0.25, 0.3) is 0 Å². The van der Waals surface area contributed by atoms with Crippen LogP contribution in [0.2, 0.25) is 0 Å². The molecule has 1 aliphatic rings. The van der Waals surface area contributed by atoms with Gasteiger partial charge in [-0.15, -0.1) is 0 Å². The van der Waals surface area contributed by atoms with Crippen LogP contribution in [0, 0.1) is 5.82 Å². The average Bonchev–Trinajstić information content (AvgIpc) is 2.59. The number of Topliss-reactive ketones (excluding diaryl/α,β-unsaturated/α-hetero) is 2. The smallest absolute Gasteiger partial charge is 0.163 e. The molecule has 23 heavy (non-hydrogen) atoms. The standard InChI is InChI=1S/C19H17FO3/c20-16-7-5-13(6-8-16)17(21)9-10-18(22)15-4-3-14-2-1-11-23-19(14)12-15/h3-8,12H,1-2,9-11H2. The van der Waals surface area contributed by atoms with Gasteiger partial charge in [-0.1, -0.05) is 12.1 Å². The van der Waals surface area contributed by atoms with Crippen LogP contribution >= 0.6 is 0 Å². The molecular formula is C19H17FO3. The lowest BCUT2D eigenvalue weighted by Crippen LogP contribution is -2.10. The fourth-order valence-corrected chi connectivity index (χ4v) is 2.67. The second-order valence-electron chi connectivity index (χ2n) is 5.63. The lowest BCUT2D eigenvalue weighted by atomic mass is 9.98. The third kappa shape index (κ3) is 3.65. The maximum atomic E-state index is 12.8. The Balaban J connectivity index is 1.63. The topological polar surface area (TPSA) is 43.4 Å². The number of hydrogen-bond acceptors (Lipinski definition) is 3. The SMILES string of the molecule is O=C(CCC(=O)c1ccc2c(c1)OCCC2)c1ccc(F)cc1. The number of benzene rings is 2. The van der Waals surface area contributed by atoms with E-state index < -0.39 is 0 Å². The van der Waals surface area contributed by atoms with Crippen molar-refractivity contribution in [2.75, 3.05) is 6.61 Å². The van der Waals surface area contributed by atoms with E-state index in [1.165, 1.54) is 24.3 Å². The van der Waals surface area contributed by atoms with Crippen molar-refractivity contribution in [1.29, 1.82) is 0 Å². The first-order chi connectivity index (χ1) is 11.1. The Hall–Kier alpha value is -2.49. The van der Waals surface area contributed by atoms with E-state index in [2.05, 4.69) is 0 Å². The lowest BCUT2D eigenvalue weighted by molar-refractivity contribution is 0.0917. The van der Waals surface area contributed by atoms with Crippen molar-refractivity contribution in [3.05, 3.63) is 65.0 Å². The highest BCUT2D eigenvalue weighted by molar-refractivity contribution is 6.02. The van der Waals surface area contributed by atoms with E-state index in [-0.39, 0.29) is 30.2 Å². The largest absolute Gasteiger partial charge is 0.493 e. The van der Waals surface area contributed by atoms with E-state index >= 15 is 0 Å². The molecule has 0 unspecified atom stereocenters. The Morgan fingerprint density at radius 3 is 2.35 bits per heavy atom. The van der Waals surface area contributed by atoms with Crippen LogP contribution in [-0.4, -0.2) is 18.2 Å². The van der Waals surface area contributed by atoms with Gasteiger partial charge in [-0.25, -0.2) is 4.39 Å². The Labute approximate surface area is 134 Å². The molecule has 0 saturated carbocycles. The van der Waals surface area contributed by atoms with Gasteiger partial charge in [0.1, 0.15) is 11.6 Å². The van der Waals surface area contributed by atoms with Crippen LogP contribution < -0.4 is 4.74 Å². The molecule has 0 fully saturated rings. The van der Waals surface area contributed by atoms with Gasteiger partial charge in [0.05, 0.1) is 6.61 Å². The molecule has 3 nitrogen and oxygen atoms in total. The van der Waals surface area contributed by atoms with Gasteiger partial charge < -0.3 is 4.74 Å². The Bertz CT molecular complexity index is 735. The van der Waals surface area contributed by atoms with Crippen molar-refractivity contribution < 1.29 is 18.7 Å². The Kier molecular flexibility index (Phi) is 4.51. The number of ether oxygens (including phenoxy) is 1. The van der Waals surface area contributed by atoms with E-state index in [9.17, 15) is 14.0 Å². The minimum absolute atomic E-state index is 0.0857. The fourth-order valence-electron chi connectivity index (χ4n) is 2.67. The van der Waals surface area contributed by atoms with Crippen LogP contribution in [0.1, 0.15) is 45.5 Å². The maximum absolute atomic E-state index is 12.8. The highest BCUT2D eigenvalue weighted by Crippen LogP contribution is 2.26. The van der Waals surface area contributed by atoms with Crippen molar-refractivity contribution in [1.82, 2.24) is 0 Å². The highest BCUT2D eigenvalue weighted by Gasteiger charge is 2.15. The number of halogens is 1. The number of aryl methyl sites for hydroxylation is 1. The molecule has 4 heteroatoms. The molecule has 0 aromatic heterocycles. The summed E-state index contributed by atoms with van der Waals surface area (Å²) in [7, 11) is 0. The summed E-state index contributed by atoms with van der Waals surface area (Å²) < 4.78 is 18.4. The van der Waals surface area contributed by atoms with Crippen molar-refractivity contribution in [3.63, 3.8) is 0 Å². The van der Waals surface area contributed by atoms with E-state index in [4.69, 9.17) is 4.74 Å². The highest BCUT2D eigenvalue weighted by atomic mass is 19.1. The summed E-state index contributed by atoms with van der Waals surface area (Å²) in [5, 5.41) is 0. The summed E-state index contributed by atoms with van der Waals surface area (Å²) in [4.78, 5) is 24.3. The average molecular weight is 312 g/mol. The molecule has 1 heterocycles. The van der Waals surface area contributed by atoms with E-state index in [0.29, 0.717) is 17.7 Å². The Morgan fingerprint density at radius 2 is 1.61 bits per heavy atom. The predicted molar refractivity (Wildman–Crippen MR) is 84.6 cm³/mol. The molecule has 2 aromatic carbocycles. The second-order valence-corrected chi connectivity index (χ2v) is 5.63. The van der Waals surface area contributed by atoms with Crippen LogP contribution in [0.4, 0.5) is 4.39 Å². The molecule has 0 atom stereocenters. The third-order valence-corrected chi connectivity index (χ3v) is 3.98. The molecule has 0 bridgehead atoms. The van der Waals surface area contributed by atoms with Gasteiger partial charge in [0.25, 0.3) is 0 Å². The molecule has 0 aliphatic carbocycles. The van der Waals surface area contributed by atoms with Crippen molar-refractivity contribution in [3.8, 4) is 5.75 Å². The number of fused-ring (bicyclic) bond motifs is 1. The first-order valence-corrected chi connectivity index (χ1v) is 7.71. The van der Waals surface area contributed by atoms with Gasteiger partial charge in [-0.05, 0) is 48.7 Å². The lowest BCUT2D eigenvalue weighted by Gasteiger charge is -2.17. The van der Waals surface area contributed by atoms with Crippen molar-refractivity contribution in [2.24, 2.45) is 0 Å². The number of carbonyl (C=O) groups is 2. The zero-order chi connectivity index (χ0) is 16.2. The van der Waals surface area contributed by atoms with Gasteiger partial charge in [-0.2, -0.15) is 0 Å². The van der Waals surface area contributed by atoms with Gasteiger partial charge in [0, 0.05) is 24.0 Å². The van der Waals surface area contributed by atoms with Crippen LogP contribution in [0.5, 0.6) is 5.75 Å². The molecule has 1 aliphatic heterocycles. The number of carbonyl (C=O) groups excluding carboxylic acids is 2.